The summed E-state index contributed by atoms with van der Waals surface area (Å²) in [6.45, 7) is 21.2. The highest BCUT2D eigenvalue weighted by atomic mass is 28.4. The van der Waals surface area contributed by atoms with Crippen molar-refractivity contribution in [2.24, 2.45) is 4.99 Å². The molecule has 2 rings (SSSR count). The van der Waals surface area contributed by atoms with Gasteiger partial charge < -0.3 is 9.74 Å². The molecule has 26 heavy (non-hydrogen) atoms. The predicted octanol–water partition coefficient (Wildman–Crippen LogP) is 4.91. The van der Waals surface area contributed by atoms with Crippen LogP contribution in [0.15, 0.2) is 17.9 Å². The van der Waals surface area contributed by atoms with Crippen molar-refractivity contribution < 1.29 is 4.43 Å². The fourth-order valence-corrected chi connectivity index (χ4v) is 9.77. The average Bonchev–Trinajstić information content (AvgIpc) is 2.76. The van der Waals surface area contributed by atoms with E-state index in [2.05, 4.69) is 63.4 Å². The second kappa shape index (κ2) is 8.44. The number of hydrogen-bond acceptors (Lipinski definition) is 5. The average molecular weight is 375 g/mol. The molecule has 144 valence electrons. The Morgan fingerprint density at radius 3 is 2.35 bits per heavy atom. The van der Waals surface area contributed by atoms with E-state index in [1.165, 1.54) is 0 Å². The predicted molar refractivity (Wildman–Crippen MR) is 114 cm³/mol. The van der Waals surface area contributed by atoms with Crippen molar-refractivity contribution in [1.82, 2.24) is 9.97 Å². The number of aliphatic imine (C=N–C) groups is 1. The van der Waals surface area contributed by atoms with Crippen molar-refractivity contribution in [3.05, 3.63) is 24.2 Å². The van der Waals surface area contributed by atoms with Gasteiger partial charge in [-0.2, -0.15) is 0 Å². The number of nitrogens with one attached hydrogen (secondary N) is 1. The minimum absolute atomic E-state index is 0.0743. The Labute approximate surface area is 159 Å². The number of nitrogens with zero attached hydrogens (tertiary/aromatic N) is 3. The number of allylic oxidation sites excluding steroid dienone is 1. The van der Waals surface area contributed by atoms with Crippen LogP contribution in [0.5, 0.6) is 0 Å². The van der Waals surface area contributed by atoms with Crippen LogP contribution in [0.3, 0.4) is 0 Å². The molecule has 5 nitrogen and oxygen atoms in total. The van der Waals surface area contributed by atoms with Crippen LogP contribution >= 0.6 is 0 Å². The van der Waals surface area contributed by atoms with Gasteiger partial charge in [-0.25, -0.2) is 9.97 Å². The number of rotatable bonds is 7. The van der Waals surface area contributed by atoms with E-state index in [-0.39, 0.29) is 6.04 Å². The van der Waals surface area contributed by atoms with Gasteiger partial charge >= 0.3 is 0 Å². The Morgan fingerprint density at radius 2 is 1.81 bits per heavy atom. The molecule has 0 fully saturated rings. The van der Waals surface area contributed by atoms with E-state index in [0.717, 1.165) is 29.2 Å². The van der Waals surface area contributed by atoms with Gasteiger partial charge in [0.1, 0.15) is 12.1 Å². The highest BCUT2D eigenvalue weighted by Crippen LogP contribution is 2.42. The molecule has 1 aromatic rings. The first-order valence-electron chi connectivity index (χ1n) is 9.62. The normalized spacial score (nSPS) is 17.4. The Morgan fingerprint density at radius 1 is 1.19 bits per heavy atom. The lowest BCUT2D eigenvalue weighted by Gasteiger charge is -2.42. The second-order valence-electron chi connectivity index (χ2n) is 8.21. The van der Waals surface area contributed by atoms with Gasteiger partial charge in [0, 0.05) is 12.8 Å². The SMILES string of the molecule is C=C(C)c1ncnc2c1C=N[C@H](CO[Si](C(C)C)(C(C)C)C(C)C)CN2. The number of aromatic nitrogens is 2. The van der Waals surface area contributed by atoms with E-state index >= 15 is 0 Å². The summed E-state index contributed by atoms with van der Waals surface area (Å²) in [4.78, 5) is 13.5. The topological polar surface area (TPSA) is 59.4 Å². The van der Waals surface area contributed by atoms with Gasteiger partial charge in [-0.1, -0.05) is 48.1 Å². The molecule has 1 aliphatic heterocycles. The van der Waals surface area contributed by atoms with E-state index in [9.17, 15) is 0 Å². The molecule has 0 aromatic carbocycles. The molecular formula is C20H34N4OSi. The summed E-state index contributed by atoms with van der Waals surface area (Å²) < 4.78 is 6.72. The summed E-state index contributed by atoms with van der Waals surface area (Å²) in [5, 5.41) is 3.41. The lowest BCUT2D eigenvalue weighted by Crippen LogP contribution is -2.49. The lowest BCUT2D eigenvalue weighted by atomic mass is 10.1. The van der Waals surface area contributed by atoms with Crippen LogP contribution in [0.1, 0.15) is 59.7 Å². The van der Waals surface area contributed by atoms with Gasteiger partial charge in [-0.15, -0.1) is 0 Å². The summed E-state index contributed by atoms with van der Waals surface area (Å²) in [5.41, 5.74) is 4.40. The molecule has 0 unspecified atom stereocenters. The smallest absolute Gasteiger partial charge is 0.200 e. The van der Waals surface area contributed by atoms with Gasteiger partial charge in [0.05, 0.1) is 23.9 Å². The van der Waals surface area contributed by atoms with Gasteiger partial charge in [0.15, 0.2) is 8.32 Å². The molecule has 0 saturated heterocycles. The van der Waals surface area contributed by atoms with Crippen LogP contribution in [-0.2, 0) is 4.43 Å². The van der Waals surface area contributed by atoms with Crippen molar-refractivity contribution >= 4 is 25.9 Å². The van der Waals surface area contributed by atoms with Crippen LogP contribution in [0.25, 0.3) is 5.57 Å². The van der Waals surface area contributed by atoms with Gasteiger partial charge in [0.25, 0.3) is 0 Å². The zero-order valence-corrected chi connectivity index (χ0v) is 18.3. The molecule has 0 saturated carbocycles. The van der Waals surface area contributed by atoms with Gasteiger partial charge in [-0.05, 0) is 29.1 Å². The number of anilines is 1. The molecule has 1 atom stereocenters. The fraction of sp³-hybridized carbons (Fsp3) is 0.650. The van der Waals surface area contributed by atoms with E-state index in [1.807, 2.05) is 13.1 Å². The maximum absolute atomic E-state index is 6.72. The fourth-order valence-electron chi connectivity index (χ4n) is 4.29. The molecule has 1 N–H and O–H groups in total. The standard InChI is InChI=1S/C20H34N4OSi/c1-13(2)19-18-10-21-17(9-22-20(18)24-12-23-19)11-25-26(14(3)4,15(5)6)16(7)8/h10,12,14-17H,1,9,11H2,2-8H3,(H,22,23,24)/t17-/m0/s1. The number of fused-ring (bicyclic) bond motifs is 1. The first kappa shape index (κ1) is 20.8. The molecule has 2 heterocycles. The zero-order chi connectivity index (χ0) is 19.5. The zero-order valence-electron chi connectivity index (χ0n) is 17.3. The van der Waals surface area contributed by atoms with E-state index in [0.29, 0.717) is 23.2 Å². The summed E-state index contributed by atoms with van der Waals surface area (Å²) in [6, 6.07) is 0.0743. The lowest BCUT2D eigenvalue weighted by molar-refractivity contribution is 0.259. The van der Waals surface area contributed by atoms with Crippen molar-refractivity contribution in [2.45, 2.75) is 71.1 Å². The quantitative estimate of drug-likeness (QED) is 0.689. The number of hydrogen-bond donors (Lipinski definition) is 1. The largest absolute Gasteiger partial charge is 0.414 e. The molecule has 1 aliphatic rings. The third-order valence-corrected chi connectivity index (χ3v) is 11.5. The molecule has 0 spiro atoms. The van der Waals surface area contributed by atoms with E-state index in [4.69, 9.17) is 9.42 Å². The summed E-state index contributed by atoms with van der Waals surface area (Å²) in [5.74, 6) is 0.823. The molecule has 6 heteroatoms. The van der Waals surface area contributed by atoms with Crippen molar-refractivity contribution in [3.8, 4) is 0 Å². The van der Waals surface area contributed by atoms with Crippen molar-refractivity contribution in [2.75, 3.05) is 18.5 Å². The Balaban J connectivity index is 2.19. The summed E-state index contributed by atoms with van der Waals surface area (Å²) in [6.07, 6.45) is 3.46. The Bertz CT molecular complexity index is 648. The van der Waals surface area contributed by atoms with Crippen LogP contribution in [0.4, 0.5) is 5.82 Å². The van der Waals surface area contributed by atoms with Crippen LogP contribution in [-0.4, -0.2) is 43.7 Å². The van der Waals surface area contributed by atoms with E-state index < -0.39 is 8.32 Å². The third kappa shape index (κ3) is 4.07. The highest BCUT2D eigenvalue weighted by Gasteiger charge is 2.45. The van der Waals surface area contributed by atoms with Gasteiger partial charge in [0.2, 0.25) is 0 Å². The van der Waals surface area contributed by atoms with Gasteiger partial charge in [-0.3, -0.25) is 4.99 Å². The maximum atomic E-state index is 6.72. The van der Waals surface area contributed by atoms with Crippen LogP contribution in [0, 0.1) is 0 Å². The molecule has 1 aromatic heterocycles. The monoisotopic (exact) mass is 374 g/mol. The Kier molecular flexibility index (Phi) is 6.74. The third-order valence-electron chi connectivity index (χ3n) is 5.44. The summed E-state index contributed by atoms with van der Waals surface area (Å²) >= 11 is 0. The summed E-state index contributed by atoms with van der Waals surface area (Å²) in [7, 11) is -1.88. The highest BCUT2D eigenvalue weighted by molar-refractivity contribution is 6.77. The van der Waals surface area contributed by atoms with Crippen LogP contribution < -0.4 is 5.32 Å². The molecule has 0 amide bonds. The van der Waals surface area contributed by atoms with Crippen LogP contribution in [0.2, 0.25) is 16.6 Å². The molecular weight excluding hydrogens is 340 g/mol. The minimum Gasteiger partial charge on any atom is -0.414 e. The van der Waals surface area contributed by atoms with E-state index in [1.54, 1.807) is 6.33 Å². The first-order chi connectivity index (χ1) is 12.2. The maximum Gasteiger partial charge on any atom is 0.200 e. The van der Waals surface area contributed by atoms with Crippen molar-refractivity contribution in [1.29, 1.82) is 0 Å². The second-order valence-corrected chi connectivity index (χ2v) is 13.7. The molecule has 0 aliphatic carbocycles. The minimum atomic E-state index is -1.88. The Hall–Kier alpha value is -1.53. The first-order valence-corrected chi connectivity index (χ1v) is 11.8. The van der Waals surface area contributed by atoms with Crippen molar-refractivity contribution in [3.63, 3.8) is 0 Å². The molecule has 0 bridgehead atoms. The molecule has 0 radical (unpaired) electrons.